The molecule has 46 heavy (non-hydrogen) atoms. The Morgan fingerprint density at radius 1 is 1.07 bits per heavy atom. The normalized spacial score (nSPS) is 21.7. The fraction of sp³-hybridized carbons (Fsp3) is 0.622. The SMILES string of the molecule is CC1(C)Cc2nc(C3CCOCC3)c([C@@H](O)c3ccc(C(F)(F)F)c(C#N)c3)c(C3=CCOCC3)c2C(OC(C)(C)C(C)(C)C)C1. The summed E-state index contributed by atoms with van der Waals surface area (Å²) >= 11 is 0. The maximum absolute atomic E-state index is 13.7. The molecule has 2 aromatic rings. The molecule has 6 nitrogen and oxygen atoms in total. The zero-order chi connectivity index (χ0) is 33.7. The maximum Gasteiger partial charge on any atom is 0.417 e. The number of nitrogens with zero attached hydrogens (tertiary/aromatic N) is 2. The standard InChI is InChI=1S/C37H47F3N2O4/c1-34(2,3)36(6,7)46-28-20-35(4,5)19-27-30(28)29(22-10-14-44-15-11-22)31(32(42-27)23-12-16-45-17-13-23)33(43)24-8-9-26(37(38,39)40)25(18-24)21-41/h8-10,18,23,28,33,43H,11-17,19-20H2,1-7H3/t28?,33-/m0/s1. The number of halogens is 3. The van der Waals surface area contributed by atoms with Gasteiger partial charge in [-0.25, -0.2) is 0 Å². The molecule has 1 aliphatic carbocycles. The molecule has 1 aromatic heterocycles. The highest BCUT2D eigenvalue weighted by molar-refractivity contribution is 5.75. The van der Waals surface area contributed by atoms with Crippen LogP contribution in [0, 0.1) is 22.2 Å². The van der Waals surface area contributed by atoms with Gasteiger partial charge in [0.2, 0.25) is 0 Å². The van der Waals surface area contributed by atoms with Crippen LogP contribution in [0.25, 0.3) is 5.57 Å². The number of aromatic nitrogens is 1. The molecule has 0 radical (unpaired) electrons. The van der Waals surface area contributed by atoms with Crippen molar-refractivity contribution >= 4 is 5.57 Å². The van der Waals surface area contributed by atoms with Gasteiger partial charge in [-0.1, -0.05) is 46.8 Å². The molecule has 0 amide bonds. The molecule has 1 unspecified atom stereocenters. The molecular formula is C37H47F3N2O4. The predicted molar refractivity (Wildman–Crippen MR) is 170 cm³/mol. The second-order valence-corrected chi connectivity index (χ2v) is 15.3. The fourth-order valence-electron chi connectivity index (χ4n) is 6.82. The highest BCUT2D eigenvalue weighted by Gasteiger charge is 2.44. The molecule has 1 fully saturated rings. The number of fused-ring (bicyclic) bond motifs is 1. The third-order valence-electron chi connectivity index (χ3n) is 10.3. The summed E-state index contributed by atoms with van der Waals surface area (Å²) in [4.78, 5) is 5.38. The first-order valence-electron chi connectivity index (χ1n) is 16.3. The number of hydrogen-bond acceptors (Lipinski definition) is 6. The van der Waals surface area contributed by atoms with Crippen LogP contribution < -0.4 is 0 Å². The van der Waals surface area contributed by atoms with E-state index in [1.54, 1.807) is 6.07 Å². The summed E-state index contributed by atoms with van der Waals surface area (Å²) in [6, 6.07) is 5.04. The van der Waals surface area contributed by atoms with Crippen molar-refractivity contribution in [2.75, 3.05) is 26.4 Å². The Morgan fingerprint density at radius 3 is 2.35 bits per heavy atom. The molecule has 1 N–H and O–H groups in total. The van der Waals surface area contributed by atoms with Crippen LogP contribution in [0.1, 0.15) is 137 Å². The zero-order valence-corrected chi connectivity index (χ0v) is 28.1. The minimum atomic E-state index is -4.69. The van der Waals surface area contributed by atoms with Gasteiger partial charge in [0.15, 0.2) is 0 Å². The summed E-state index contributed by atoms with van der Waals surface area (Å²) < 4.78 is 59.7. The molecule has 3 aliphatic rings. The largest absolute Gasteiger partial charge is 0.417 e. The first-order chi connectivity index (χ1) is 21.4. The van der Waals surface area contributed by atoms with Gasteiger partial charge in [-0.05, 0) is 85.6 Å². The van der Waals surface area contributed by atoms with Crippen molar-refractivity contribution in [1.82, 2.24) is 4.98 Å². The maximum atomic E-state index is 13.7. The number of ether oxygens (including phenoxy) is 3. The van der Waals surface area contributed by atoms with E-state index in [1.165, 1.54) is 12.1 Å². The fourth-order valence-corrected chi connectivity index (χ4v) is 6.82. The van der Waals surface area contributed by atoms with Crippen molar-refractivity contribution in [3.8, 4) is 6.07 Å². The second-order valence-electron chi connectivity index (χ2n) is 15.3. The summed E-state index contributed by atoms with van der Waals surface area (Å²) in [5.41, 5.74) is 2.97. The lowest BCUT2D eigenvalue weighted by atomic mass is 9.70. The van der Waals surface area contributed by atoms with Crippen LogP contribution in [0.5, 0.6) is 0 Å². The van der Waals surface area contributed by atoms with Gasteiger partial charge < -0.3 is 19.3 Å². The summed E-state index contributed by atoms with van der Waals surface area (Å²) in [5, 5.41) is 22.0. The highest BCUT2D eigenvalue weighted by atomic mass is 19.4. The molecule has 1 aromatic carbocycles. The van der Waals surface area contributed by atoms with E-state index >= 15 is 0 Å². The van der Waals surface area contributed by atoms with Gasteiger partial charge in [0, 0.05) is 36.0 Å². The molecular weight excluding hydrogens is 593 g/mol. The van der Waals surface area contributed by atoms with Crippen LogP contribution in [0.2, 0.25) is 0 Å². The van der Waals surface area contributed by atoms with Gasteiger partial charge in [-0.2, -0.15) is 18.4 Å². The van der Waals surface area contributed by atoms with Crippen LogP contribution in [0.4, 0.5) is 13.2 Å². The van der Waals surface area contributed by atoms with Crippen LogP contribution in [0.3, 0.4) is 0 Å². The van der Waals surface area contributed by atoms with Gasteiger partial charge >= 0.3 is 6.18 Å². The Morgan fingerprint density at radius 2 is 1.76 bits per heavy atom. The van der Waals surface area contributed by atoms with E-state index in [2.05, 4.69) is 48.5 Å². The molecule has 1 saturated heterocycles. The number of aliphatic hydroxyl groups is 1. The Kier molecular flexibility index (Phi) is 9.53. The minimum Gasteiger partial charge on any atom is -0.384 e. The third-order valence-corrected chi connectivity index (χ3v) is 10.3. The van der Waals surface area contributed by atoms with Crippen LogP contribution in [0.15, 0.2) is 24.3 Å². The van der Waals surface area contributed by atoms with E-state index in [0.717, 1.165) is 47.0 Å². The number of benzene rings is 1. The van der Waals surface area contributed by atoms with Crippen molar-refractivity contribution in [2.24, 2.45) is 10.8 Å². The van der Waals surface area contributed by atoms with E-state index in [4.69, 9.17) is 19.2 Å². The highest BCUT2D eigenvalue weighted by Crippen LogP contribution is 2.52. The number of alkyl halides is 3. The number of rotatable bonds is 6. The van der Waals surface area contributed by atoms with Crippen LogP contribution >= 0.6 is 0 Å². The lowest BCUT2D eigenvalue weighted by Crippen LogP contribution is -2.43. The minimum absolute atomic E-state index is 0.0109. The van der Waals surface area contributed by atoms with Crippen molar-refractivity contribution in [3.05, 3.63) is 69.0 Å². The van der Waals surface area contributed by atoms with Gasteiger partial charge in [-0.15, -0.1) is 0 Å². The Labute approximate surface area is 271 Å². The Bertz CT molecular complexity index is 1520. The molecule has 3 heterocycles. The lowest BCUT2D eigenvalue weighted by Gasteiger charge is -2.46. The van der Waals surface area contributed by atoms with Crippen molar-refractivity contribution in [2.45, 2.75) is 110 Å². The second kappa shape index (κ2) is 12.7. The molecule has 9 heteroatoms. The quantitative estimate of drug-likeness (QED) is 0.340. The van der Waals surface area contributed by atoms with Crippen molar-refractivity contribution in [3.63, 3.8) is 0 Å². The summed E-state index contributed by atoms with van der Waals surface area (Å²) in [7, 11) is 0. The van der Waals surface area contributed by atoms with Crippen LogP contribution in [-0.2, 0) is 26.8 Å². The molecule has 0 saturated carbocycles. The first kappa shape index (κ1) is 34.6. The molecule has 250 valence electrons. The number of pyridine rings is 1. The first-order valence-corrected chi connectivity index (χ1v) is 16.3. The molecule has 2 atom stereocenters. The molecule has 0 bridgehead atoms. The van der Waals surface area contributed by atoms with Crippen molar-refractivity contribution in [1.29, 1.82) is 5.26 Å². The van der Waals surface area contributed by atoms with E-state index in [-0.39, 0.29) is 28.4 Å². The topological polar surface area (TPSA) is 84.6 Å². The average molecular weight is 641 g/mol. The van der Waals surface area contributed by atoms with E-state index < -0.39 is 29.0 Å². The molecule has 2 aliphatic heterocycles. The van der Waals surface area contributed by atoms with Gasteiger partial charge in [0.25, 0.3) is 0 Å². The lowest BCUT2D eigenvalue weighted by molar-refractivity contribution is -0.145. The zero-order valence-electron chi connectivity index (χ0n) is 28.1. The summed E-state index contributed by atoms with van der Waals surface area (Å²) in [6.07, 6.45) is -0.811. The Hall–Kier alpha value is -2.77. The number of nitriles is 1. The summed E-state index contributed by atoms with van der Waals surface area (Å²) in [5.74, 6) is -0.0109. The van der Waals surface area contributed by atoms with E-state index in [9.17, 15) is 23.5 Å². The van der Waals surface area contributed by atoms with E-state index in [0.29, 0.717) is 51.3 Å². The van der Waals surface area contributed by atoms with Gasteiger partial charge in [-0.3, -0.25) is 4.98 Å². The molecule has 0 spiro atoms. The average Bonchev–Trinajstić information content (AvgIpc) is 2.98. The number of aliphatic hydroxyl groups excluding tert-OH is 1. The van der Waals surface area contributed by atoms with Gasteiger partial charge in [0.05, 0.1) is 47.8 Å². The number of hydrogen-bond donors (Lipinski definition) is 1. The Balaban J connectivity index is 1.82. The van der Waals surface area contributed by atoms with E-state index in [1.807, 2.05) is 6.08 Å². The summed E-state index contributed by atoms with van der Waals surface area (Å²) in [6.45, 7) is 17.2. The van der Waals surface area contributed by atoms with Crippen molar-refractivity contribution < 1.29 is 32.5 Å². The van der Waals surface area contributed by atoms with Gasteiger partial charge in [0.1, 0.15) is 6.10 Å². The monoisotopic (exact) mass is 640 g/mol. The molecule has 5 rings (SSSR count). The third kappa shape index (κ3) is 6.92. The predicted octanol–water partition coefficient (Wildman–Crippen LogP) is 8.61. The van der Waals surface area contributed by atoms with Crippen LogP contribution in [-0.4, -0.2) is 42.1 Å². The smallest absolute Gasteiger partial charge is 0.384 e.